The van der Waals surface area contributed by atoms with E-state index in [2.05, 4.69) is 48.4 Å². The zero-order valence-corrected chi connectivity index (χ0v) is 21.2. The molecule has 1 amide bonds. The lowest BCUT2D eigenvalue weighted by Gasteiger charge is -2.34. The van der Waals surface area contributed by atoms with Gasteiger partial charge in [-0.3, -0.25) is 15.0 Å². The minimum absolute atomic E-state index is 0.0850. The maximum absolute atomic E-state index is 13.7. The summed E-state index contributed by atoms with van der Waals surface area (Å²) in [6.07, 6.45) is 2.35. The van der Waals surface area contributed by atoms with Crippen LogP contribution in [0.15, 0.2) is 48.5 Å². The highest BCUT2D eigenvalue weighted by molar-refractivity contribution is 5.73. The highest BCUT2D eigenvalue weighted by atomic mass is 19.1. The van der Waals surface area contributed by atoms with E-state index in [-0.39, 0.29) is 23.9 Å². The van der Waals surface area contributed by atoms with Crippen LogP contribution in [-0.4, -0.2) is 46.8 Å². The second kappa shape index (κ2) is 12.1. The molecule has 1 aliphatic rings. The van der Waals surface area contributed by atoms with Crippen molar-refractivity contribution >= 4 is 5.91 Å². The lowest BCUT2D eigenvalue weighted by molar-refractivity contribution is -0.120. The van der Waals surface area contributed by atoms with Crippen LogP contribution in [0.2, 0.25) is 0 Å². The van der Waals surface area contributed by atoms with Crippen LogP contribution >= 0.6 is 0 Å². The van der Waals surface area contributed by atoms with Gasteiger partial charge in [-0.2, -0.15) is 0 Å². The quantitative estimate of drug-likeness (QED) is 0.465. The van der Waals surface area contributed by atoms with Gasteiger partial charge in [0.1, 0.15) is 11.6 Å². The van der Waals surface area contributed by atoms with Crippen molar-refractivity contribution in [2.45, 2.75) is 84.3 Å². The first-order chi connectivity index (χ1) is 16.5. The molecule has 1 aliphatic heterocycles. The number of nitrogens with one attached hydrogen (secondary N) is 2. The molecule has 1 heterocycles. The van der Waals surface area contributed by atoms with E-state index >= 15 is 0 Å². The Morgan fingerprint density at radius 3 is 2.37 bits per heavy atom. The fraction of sp³-hybridized carbons (Fsp3) is 0.536. The SMILES string of the molecule is CC(=O)NC(Cc1cc(F)cc(F)c1)C(O)CN(Cc1ccccc1)C1CCC(CC(C)(C)C)N1. The summed E-state index contributed by atoms with van der Waals surface area (Å²) in [7, 11) is 0. The third kappa shape index (κ3) is 8.98. The maximum atomic E-state index is 13.7. The van der Waals surface area contributed by atoms with Crippen molar-refractivity contribution in [1.82, 2.24) is 15.5 Å². The molecule has 1 fully saturated rings. The fourth-order valence-electron chi connectivity index (χ4n) is 5.00. The predicted octanol–water partition coefficient (Wildman–Crippen LogP) is 4.39. The van der Waals surface area contributed by atoms with E-state index < -0.39 is 23.8 Å². The molecule has 0 aliphatic carbocycles. The van der Waals surface area contributed by atoms with Crippen LogP contribution in [0.25, 0.3) is 0 Å². The number of carbonyl (C=O) groups is 1. The molecule has 0 spiro atoms. The van der Waals surface area contributed by atoms with Crippen molar-refractivity contribution in [2.75, 3.05) is 6.54 Å². The highest BCUT2D eigenvalue weighted by Crippen LogP contribution is 2.28. The van der Waals surface area contributed by atoms with Crippen molar-refractivity contribution < 1.29 is 18.7 Å². The average molecular weight is 488 g/mol. The number of halogens is 2. The average Bonchev–Trinajstić information content (AvgIpc) is 3.19. The van der Waals surface area contributed by atoms with Crippen LogP contribution in [0.1, 0.15) is 58.1 Å². The number of amides is 1. The molecule has 0 saturated carbocycles. The Hall–Kier alpha value is -2.35. The van der Waals surface area contributed by atoms with Gasteiger partial charge in [-0.25, -0.2) is 8.78 Å². The number of hydrogen-bond donors (Lipinski definition) is 3. The van der Waals surface area contributed by atoms with Crippen LogP contribution in [0, 0.1) is 17.0 Å². The smallest absolute Gasteiger partial charge is 0.217 e. The number of nitrogens with zero attached hydrogens (tertiary/aromatic N) is 1. The first-order valence-electron chi connectivity index (χ1n) is 12.4. The molecule has 0 aromatic heterocycles. The van der Waals surface area contributed by atoms with Gasteiger partial charge in [0.2, 0.25) is 5.91 Å². The molecule has 0 bridgehead atoms. The van der Waals surface area contributed by atoms with Crippen molar-refractivity contribution in [3.8, 4) is 0 Å². The number of carbonyl (C=O) groups excluding carboxylic acids is 1. The summed E-state index contributed by atoms with van der Waals surface area (Å²) in [4.78, 5) is 14.1. The standard InChI is InChI=1S/C28H39F2N3O2/c1-19(34)31-25(14-21-12-22(29)15-23(30)13-21)26(35)18-33(17-20-8-6-5-7-9-20)27-11-10-24(32-27)16-28(2,3)4/h5-9,12-13,15,24-27,32,35H,10-11,14,16-18H2,1-4H3,(H,31,34). The van der Waals surface area contributed by atoms with E-state index in [1.165, 1.54) is 19.1 Å². The lowest BCUT2D eigenvalue weighted by Crippen LogP contribution is -2.53. The summed E-state index contributed by atoms with van der Waals surface area (Å²) >= 11 is 0. The normalized spacial score (nSPS) is 20.1. The summed E-state index contributed by atoms with van der Waals surface area (Å²) in [5.74, 6) is -1.66. The Balaban J connectivity index is 1.77. The first-order valence-corrected chi connectivity index (χ1v) is 12.4. The predicted molar refractivity (Wildman–Crippen MR) is 135 cm³/mol. The molecule has 2 aromatic carbocycles. The molecule has 4 atom stereocenters. The van der Waals surface area contributed by atoms with Crippen LogP contribution in [-0.2, 0) is 17.8 Å². The molecule has 2 aromatic rings. The van der Waals surface area contributed by atoms with Gasteiger partial charge < -0.3 is 10.4 Å². The summed E-state index contributed by atoms with van der Waals surface area (Å²) in [6, 6.07) is 13.1. The van der Waals surface area contributed by atoms with Gasteiger partial charge in [0, 0.05) is 32.1 Å². The topological polar surface area (TPSA) is 64.6 Å². The van der Waals surface area contributed by atoms with Gasteiger partial charge in [0.05, 0.1) is 18.3 Å². The Kier molecular flexibility index (Phi) is 9.39. The van der Waals surface area contributed by atoms with Gasteiger partial charge in [-0.05, 0) is 54.4 Å². The van der Waals surface area contributed by atoms with Gasteiger partial charge in [0.15, 0.2) is 0 Å². The van der Waals surface area contributed by atoms with Crippen molar-refractivity contribution in [1.29, 1.82) is 0 Å². The van der Waals surface area contributed by atoms with Crippen LogP contribution < -0.4 is 10.6 Å². The van der Waals surface area contributed by atoms with Gasteiger partial charge in [-0.15, -0.1) is 0 Å². The minimum atomic E-state index is -0.933. The molecule has 7 heteroatoms. The Labute approximate surface area is 207 Å². The van der Waals surface area contributed by atoms with Gasteiger partial charge in [-0.1, -0.05) is 51.1 Å². The van der Waals surface area contributed by atoms with E-state index in [1.54, 1.807) is 0 Å². The number of hydrogen-bond acceptors (Lipinski definition) is 4. The summed E-state index contributed by atoms with van der Waals surface area (Å²) in [5, 5.41) is 17.8. The molecule has 1 saturated heterocycles. The van der Waals surface area contributed by atoms with E-state index in [0.29, 0.717) is 24.7 Å². The minimum Gasteiger partial charge on any atom is -0.390 e. The lowest BCUT2D eigenvalue weighted by atomic mass is 9.88. The maximum Gasteiger partial charge on any atom is 0.217 e. The number of benzene rings is 2. The molecule has 4 unspecified atom stereocenters. The van der Waals surface area contributed by atoms with Gasteiger partial charge >= 0.3 is 0 Å². The molecule has 35 heavy (non-hydrogen) atoms. The zero-order valence-electron chi connectivity index (χ0n) is 21.2. The largest absolute Gasteiger partial charge is 0.390 e. The summed E-state index contributed by atoms with van der Waals surface area (Å²) < 4.78 is 27.5. The number of aliphatic hydroxyl groups is 1. The molecule has 0 radical (unpaired) electrons. The van der Waals surface area contributed by atoms with E-state index in [9.17, 15) is 18.7 Å². The number of aliphatic hydroxyl groups excluding tert-OH is 1. The Bertz CT molecular complexity index is 944. The second-order valence-corrected chi connectivity index (χ2v) is 11.0. The van der Waals surface area contributed by atoms with Crippen LogP contribution in [0.5, 0.6) is 0 Å². The Morgan fingerprint density at radius 2 is 1.77 bits per heavy atom. The number of rotatable bonds is 10. The van der Waals surface area contributed by atoms with E-state index in [1.807, 2.05) is 18.2 Å². The molecule has 192 valence electrons. The van der Waals surface area contributed by atoms with Crippen molar-refractivity contribution in [3.63, 3.8) is 0 Å². The third-order valence-electron chi connectivity index (χ3n) is 6.40. The van der Waals surface area contributed by atoms with Crippen molar-refractivity contribution in [2.24, 2.45) is 5.41 Å². The molecule has 5 nitrogen and oxygen atoms in total. The van der Waals surface area contributed by atoms with Gasteiger partial charge in [0.25, 0.3) is 0 Å². The van der Waals surface area contributed by atoms with Crippen molar-refractivity contribution in [3.05, 3.63) is 71.3 Å². The highest BCUT2D eigenvalue weighted by Gasteiger charge is 2.33. The fourth-order valence-corrected chi connectivity index (χ4v) is 5.00. The molecular weight excluding hydrogens is 448 g/mol. The Morgan fingerprint density at radius 1 is 1.11 bits per heavy atom. The molecular formula is C28H39F2N3O2. The van der Waals surface area contributed by atoms with E-state index in [4.69, 9.17) is 0 Å². The first kappa shape index (κ1) is 27.2. The summed E-state index contributed by atoms with van der Waals surface area (Å²) in [5.41, 5.74) is 1.73. The molecule has 3 N–H and O–H groups in total. The summed E-state index contributed by atoms with van der Waals surface area (Å²) in [6.45, 7) is 9.03. The van der Waals surface area contributed by atoms with E-state index in [0.717, 1.165) is 30.9 Å². The monoisotopic (exact) mass is 487 g/mol. The third-order valence-corrected chi connectivity index (χ3v) is 6.40. The van der Waals surface area contributed by atoms with Crippen LogP contribution in [0.3, 0.4) is 0 Å². The second-order valence-electron chi connectivity index (χ2n) is 11.0. The zero-order chi connectivity index (χ0) is 25.6. The molecule has 3 rings (SSSR count). The van der Waals surface area contributed by atoms with Crippen LogP contribution in [0.4, 0.5) is 8.78 Å².